The summed E-state index contributed by atoms with van der Waals surface area (Å²) in [5, 5.41) is 5.49. The first-order chi connectivity index (χ1) is 17.5. The van der Waals surface area contributed by atoms with Crippen LogP contribution in [0.3, 0.4) is 0 Å². The molecule has 1 N–H and O–H groups in total. The van der Waals surface area contributed by atoms with Crippen molar-refractivity contribution in [2.45, 2.75) is 72.6 Å². The Morgan fingerprint density at radius 2 is 1.46 bits per heavy atom. The number of benzene rings is 2. The molecule has 208 valence electrons. The molecule has 2 atom stereocenters. The molecule has 0 saturated heterocycles. The summed E-state index contributed by atoms with van der Waals surface area (Å²) in [6.45, 7) is 13.2. The largest absolute Gasteiger partial charge is 0.346 e. The summed E-state index contributed by atoms with van der Waals surface area (Å²) in [5.74, 6) is 2.34. The van der Waals surface area contributed by atoms with Crippen molar-refractivity contribution in [3.8, 4) is 0 Å². The Kier molecular flexibility index (Phi) is 13.1. The van der Waals surface area contributed by atoms with Crippen molar-refractivity contribution in [2.75, 3.05) is 54.4 Å². The van der Waals surface area contributed by atoms with Crippen LogP contribution in [0.15, 0.2) is 36.4 Å². The van der Waals surface area contributed by atoms with Crippen LogP contribution in [0, 0.1) is 17.8 Å². The molecule has 0 spiro atoms. The van der Waals surface area contributed by atoms with Crippen LogP contribution in [0.2, 0.25) is 0 Å². The van der Waals surface area contributed by atoms with Gasteiger partial charge in [-0.3, -0.25) is 4.79 Å². The highest BCUT2D eigenvalue weighted by molar-refractivity contribution is 6.07. The highest BCUT2D eigenvalue weighted by Crippen LogP contribution is 2.27. The van der Waals surface area contributed by atoms with E-state index in [1.807, 2.05) is 12.1 Å². The van der Waals surface area contributed by atoms with Gasteiger partial charge in [0.2, 0.25) is 0 Å². The first-order valence-electron chi connectivity index (χ1n) is 14.7. The van der Waals surface area contributed by atoms with E-state index in [1.54, 1.807) is 0 Å². The number of nitrogens with one attached hydrogen (secondary N) is 1. The van der Waals surface area contributed by atoms with Gasteiger partial charge in [-0.25, -0.2) is 0 Å². The van der Waals surface area contributed by atoms with Crippen molar-refractivity contribution < 1.29 is 9.28 Å². The van der Waals surface area contributed by atoms with Crippen LogP contribution in [-0.2, 0) is 6.42 Å². The van der Waals surface area contributed by atoms with E-state index in [0.717, 1.165) is 53.3 Å². The Bertz CT molecular complexity index is 950. The molecule has 2 rings (SSSR count). The number of nitrogens with zero attached hydrogens (tertiary/aromatic N) is 2. The van der Waals surface area contributed by atoms with E-state index in [1.165, 1.54) is 49.5 Å². The minimum atomic E-state index is 0.0369. The van der Waals surface area contributed by atoms with Gasteiger partial charge < -0.3 is 14.7 Å². The summed E-state index contributed by atoms with van der Waals surface area (Å²) >= 11 is 0. The zero-order chi connectivity index (χ0) is 27.4. The van der Waals surface area contributed by atoms with Gasteiger partial charge in [0.15, 0.2) is 0 Å². The second-order valence-corrected chi connectivity index (χ2v) is 12.9. The zero-order valence-corrected chi connectivity index (χ0v) is 25.3. The number of amides is 1. The third-order valence-electron chi connectivity index (χ3n) is 7.85. The van der Waals surface area contributed by atoms with Crippen molar-refractivity contribution in [3.63, 3.8) is 0 Å². The summed E-state index contributed by atoms with van der Waals surface area (Å²) in [5.41, 5.74) is 2.16. The number of hydrogen-bond donors (Lipinski definition) is 1. The van der Waals surface area contributed by atoms with Gasteiger partial charge in [-0.05, 0) is 60.7 Å². The summed E-state index contributed by atoms with van der Waals surface area (Å²) in [6.07, 6.45) is 9.09. The van der Waals surface area contributed by atoms with E-state index in [9.17, 15) is 4.79 Å². The molecule has 0 bridgehead atoms. The topological polar surface area (TPSA) is 32.3 Å². The molecule has 0 aliphatic carbocycles. The first kappa shape index (κ1) is 31.3. The van der Waals surface area contributed by atoms with Crippen LogP contribution < -0.4 is 5.32 Å². The molecule has 0 radical (unpaired) electrons. The molecule has 0 aliphatic rings. The maximum atomic E-state index is 13.1. The predicted molar refractivity (Wildman–Crippen MR) is 161 cm³/mol. The van der Waals surface area contributed by atoms with Crippen molar-refractivity contribution in [1.82, 2.24) is 10.2 Å². The quantitative estimate of drug-likeness (QED) is 0.232. The normalized spacial score (nSPS) is 13.9. The Morgan fingerprint density at radius 3 is 2.11 bits per heavy atom. The average molecular weight is 511 g/mol. The number of carbonyl (C=O) groups excluding carboxylic acids is 1. The van der Waals surface area contributed by atoms with Gasteiger partial charge in [0.1, 0.15) is 0 Å². The van der Waals surface area contributed by atoms with E-state index in [4.69, 9.17) is 0 Å². The molecule has 1 amide bonds. The van der Waals surface area contributed by atoms with Gasteiger partial charge in [-0.2, -0.15) is 0 Å². The smallest absolute Gasteiger partial charge is 0.252 e. The molecule has 2 aromatic carbocycles. The zero-order valence-electron chi connectivity index (χ0n) is 25.3. The van der Waals surface area contributed by atoms with Gasteiger partial charge >= 0.3 is 0 Å². The molecule has 4 nitrogen and oxygen atoms in total. The van der Waals surface area contributed by atoms with Gasteiger partial charge in [-0.1, -0.05) is 96.6 Å². The number of fused-ring (bicyclic) bond motifs is 1. The number of rotatable bonds is 17. The molecule has 37 heavy (non-hydrogen) atoms. The standard InChI is InChI=1S/C33H55N3O/c1-26(2)13-11-14-27(3)15-12-16-28(4)25-29-19-20-32(31-18-10-9-17-30(29)31)33(37)34-21-23-36(7,8)24-22-35(5)6/h9-10,17-20,26-28H,11-16,21-25H2,1-8H3/p+1. The highest BCUT2D eigenvalue weighted by Gasteiger charge is 2.18. The number of hydrogen-bond acceptors (Lipinski definition) is 2. The fraction of sp³-hybridized carbons (Fsp3) is 0.667. The lowest BCUT2D eigenvalue weighted by atomic mass is 9.89. The van der Waals surface area contributed by atoms with Gasteiger partial charge in [-0.15, -0.1) is 0 Å². The maximum absolute atomic E-state index is 13.1. The van der Waals surface area contributed by atoms with Gasteiger partial charge in [0, 0.05) is 12.1 Å². The SMILES string of the molecule is CC(C)CCCC(C)CCCC(C)Cc1ccc(C(=O)NCC[N+](C)(C)CCN(C)C)c2ccccc12. The molecule has 0 heterocycles. The van der Waals surface area contributed by atoms with Crippen LogP contribution in [0.1, 0.15) is 82.1 Å². The summed E-state index contributed by atoms with van der Waals surface area (Å²) in [6, 6.07) is 12.7. The monoisotopic (exact) mass is 510 g/mol. The number of quaternary nitrogens is 1. The Labute approximate surface area is 228 Å². The van der Waals surface area contributed by atoms with Crippen molar-refractivity contribution in [1.29, 1.82) is 0 Å². The summed E-state index contributed by atoms with van der Waals surface area (Å²) in [7, 11) is 8.67. The van der Waals surface area contributed by atoms with E-state index >= 15 is 0 Å². The molecule has 2 unspecified atom stereocenters. The second kappa shape index (κ2) is 15.5. The lowest BCUT2D eigenvalue weighted by Gasteiger charge is -2.31. The molecule has 2 aromatic rings. The van der Waals surface area contributed by atoms with Crippen molar-refractivity contribution in [3.05, 3.63) is 47.5 Å². The fourth-order valence-corrected chi connectivity index (χ4v) is 5.20. The van der Waals surface area contributed by atoms with Crippen LogP contribution >= 0.6 is 0 Å². The van der Waals surface area contributed by atoms with E-state index < -0.39 is 0 Å². The summed E-state index contributed by atoms with van der Waals surface area (Å²) < 4.78 is 0.896. The Hall–Kier alpha value is -1.91. The third-order valence-corrected chi connectivity index (χ3v) is 7.85. The summed E-state index contributed by atoms with van der Waals surface area (Å²) in [4.78, 5) is 15.3. The Morgan fingerprint density at radius 1 is 0.838 bits per heavy atom. The van der Waals surface area contributed by atoms with E-state index in [-0.39, 0.29) is 5.91 Å². The second-order valence-electron chi connectivity index (χ2n) is 12.9. The van der Waals surface area contributed by atoms with E-state index in [2.05, 4.69) is 90.4 Å². The predicted octanol–water partition coefficient (Wildman–Crippen LogP) is 7.02. The van der Waals surface area contributed by atoms with Crippen LogP contribution in [-0.4, -0.2) is 69.7 Å². The van der Waals surface area contributed by atoms with Crippen LogP contribution in [0.5, 0.6) is 0 Å². The van der Waals surface area contributed by atoms with E-state index in [0.29, 0.717) is 12.5 Å². The van der Waals surface area contributed by atoms with Crippen molar-refractivity contribution in [2.24, 2.45) is 17.8 Å². The third kappa shape index (κ3) is 11.6. The van der Waals surface area contributed by atoms with Gasteiger partial charge in [0.05, 0.1) is 33.7 Å². The molecule has 0 saturated carbocycles. The molecule has 0 aliphatic heterocycles. The fourth-order valence-electron chi connectivity index (χ4n) is 5.20. The van der Waals surface area contributed by atoms with Crippen molar-refractivity contribution >= 4 is 16.7 Å². The van der Waals surface area contributed by atoms with Crippen LogP contribution in [0.4, 0.5) is 0 Å². The molecule has 0 aromatic heterocycles. The molecular weight excluding hydrogens is 454 g/mol. The minimum absolute atomic E-state index is 0.0369. The van der Waals surface area contributed by atoms with Gasteiger partial charge in [0.25, 0.3) is 5.91 Å². The number of likely N-dealkylation sites (N-methyl/N-ethyl adjacent to an activating group) is 2. The maximum Gasteiger partial charge on any atom is 0.252 e. The lowest BCUT2D eigenvalue weighted by molar-refractivity contribution is -0.888. The average Bonchev–Trinajstić information content (AvgIpc) is 2.82. The first-order valence-corrected chi connectivity index (χ1v) is 14.7. The van der Waals surface area contributed by atoms with Crippen LogP contribution in [0.25, 0.3) is 10.8 Å². The number of carbonyl (C=O) groups is 1. The molecule has 0 fully saturated rings. The Balaban J connectivity index is 1.92. The molecular formula is C33H56N3O+. The minimum Gasteiger partial charge on any atom is -0.346 e. The lowest BCUT2D eigenvalue weighted by Crippen LogP contribution is -2.48. The highest BCUT2D eigenvalue weighted by atomic mass is 16.1. The molecule has 4 heteroatoms.